The number of hydrogen-bond donors (Lipinski definition) is 0. The predicted molar refractivity (Wildman–Crippen MR) is 54.0 cm³/mol. The molecule has 0 radical (unpaired) electrons. The van der Waals surface area contributed by atoms with E-state index in [9.17, 15) is 0 Å². The molecule has 70 valence electrons. The quantitative estimate of drug-likeness (QED) is 0.745. The molecular weight excluding hydrogens is 232 g/mol. The van der Waals surface area contributed by atoms with E-state index in [1.54, 1.807) is 7.11 Å². The Balaban J connectivity index is 2.25. The molecule has 2 unspecified atom stereocenters. The summed E-state index contributed by atoms with van der Waals surface area (Å²) in [5, 5.41) is 0. The van der Waals surface area contributed by atoms with E-state index < -0.39 is 0 Å². The minimum atomic E-state index is 0.280. The lowest BCUT2D eigenvalue weighted by molar-refractivity contribution is 0.382. The van der Waals surface area contributed by atoms with E-state index in [1.165, 1.54) is 5.56 Å². The van der Waals surface area contributed by atoms with Gasteiger partial charge in [0.15, 0.2) is 0 Å². The van der Waals surface area contributed by atoms with E-state index in [-0.39, 0.29) is 6.10 Å². The Kier molecular flexibility index (Phi) is 2.30. The summed E-state index contributed by atoms with van der Waals surface area (Å²) in [6, 6.07) is 6.04. The number of epoxide rings is 1. The molecule has 1 aliphatic heterocycles. The van der Waals surface area contributed by atoms with Gasteiger partial charge in [0.25, 0.3) is 0 Å². The first-order valence-electron chi connectivity index (χ1n) is 4.21. The Morgan fingerprint density at radius 2 is 2.15 bits per heavy atom. The van der Waals surface area contributed by atoms with Crippen LogP contribution >= 0.6 is 15.9 Å². The van der Waals surface area contributed by atoms with Crippen molar-refractivity contribution in [2.24, 2.45) is 0 Å². The third kappa shape index (κ3) is 1.71. The number of hydrogen-bond acceptors (Lipinski definition) is 2. The van der Waals surface area contributed by atoms with Gasteiger partial charge in [-0.1, -0.05) is 6.07 Å². The second-order valence-corrected chi connectivity index (χ2v) is 4.01. The highest BCUT2D eigenvalue weighted by Crippen LogP contribution is 2.40. The first kappa shape index (κ1) is 9.03. The van der Waals surface area contributed by atoms with Gasteiger partial charge >= 0.3 is 0 Å². The van der Waals surface area contributed by atoms with Crippen LogP contribution in [0.3, 0.4) is 0 Å². The maximum absolute atomic E-state index is 5.37. The highest BCUT2D eigenvalue weighted by molar-refractivity contribution is 9.10. The van der Waals surface area contributed by atoms with Crippen LogP contribution in [0.4, 0.5) is 0 Å². The molecular formula is C10H11BrO2. The van der Waals surface area contributed by atoms with Gasteiger partial charge in [0, 0.05) is 0 Å². The molecule has 3 heteroatoms. The molecule has 1 heterocycles. The van der Waals surface area contributed by atoms with E-state index in [4.69, 9.17) is 9.47 Å². The van der Waals surface area contributed by atoms with E-state index in [0.717, 1.165) is 10.2 Å². The fraction of sp³-hybridized carbons (Fsp3) is 0.400. The molecule has 0 spiro atoms. The third-order valence-electron chi connectivity index (χ3n) is 2.22. The smallest absolute Gasteiger partial charge is 0.133 e. The van der Waals surface area contributed by atoms with Gasteiger partial charge in [-0.25, -0.2) is 0 Å². The Labute approximate surface area is 86.0 Å². The molecule has 0 amide bonds. The van der Waals surface area contributed by atoms with Crippen molar-refractivity contribution in [2.75, 3.05) is 7.11 Å². The minimum absolute atomic E-state index is 0.280. The molecule has 0 saturated carbocycles. The van der Waals surface area contributed by atoms with Crippen molar-refractivity contribution in [3.63, 3.8) is 0 Å². The van der Waals surface area contributed by atoms with Crippen LogP contribution in [-0.4, -0.2) is 13.2 Å². The van der Waals surface area contributed by atoms with Gasteiger partial charge in [0.2, 0.25) is 0 Å². The van der Waals surface area contributed by atoms with Gasteiger partial charge in [-0.2, -0.15) is 0 Å². The van der Waals surface area contributed by atoms with Crippen LogP contribution in [0.15, 0.2) is 22.7 Å². The Bertz CT molecular complexity index is 325. The van der Waals surface area contributed by atoms with Crippen molar-refractivity contribution >= 4 is 15.9 Å². The van der Waals surface area contributed by atoms with Gasteiger partial charge < -0.3 is 9.47 Å². The second kappa shape index (κ2) is 3.31. The molecule has 1 saturated heterocycles. The number of rotatable bonds is 2. The van der Waals surface area contributed by atoms with Crippen molar-refractivity contribution < 1.29 is 9.47 Å². The first-order valence-corrected chi connectivity index (χ1v) is 5.00. The Morgan fingerprint density at radius 3 is 2.62 bits per heavy atom. The molecule has 1 aliphatic rings. The predicted octanol–water partition coefficient (Wildman–Crippen LogP) is 2.92. The molecule has 0 bridgehead atoms. The average Bonchev–Trinajstić information content (AvgIpc) is 2.82. The van der Waals surface area contributed by atoms with Gasteiger partial charge in [0.05, 0.1) is 17.7 Å². The maximum Gasteiger partial charge on any atom is 0.133 e. The van der Waals surface area contributed by atoms with Crippen LogP contribution in [-0.2, 0) is 4.74 Å². The van der Waals surface area contributed by atoms with Crippen molar-refractivity contribution in [3.8, 4) is 5.75 Å². The van der Waals surface area contributed by atoms with Crippen LogP contribution in [0.25, 0.3) is 0 Å². The molecule has 13 heavy (non-hydrogen) atoms. The molecule has 2 rings (SSSR count). The molecule has 0 N–H and O–H groups in total. The van der Waals surface area contributed by atoms with Crippen LogP contribution in [0.2, 0.25) is 0 Å². The first-order chi connectivity index (χ1) is 6.22. The molecule has 2 atom stereocenters. The van der Waals surface area contributed by atoms with E-state index in [0.29, 0.717) is 6.10 Å². The number of benzene rings is 1. The van der Waals surface area contributed by atoms with E-state index in [2.05, 4.69) is 22.9 Å². The van der Waals surface area contributed by atoms with Gasteiger partial charge in [-0.15, -0.1) is 0 Å². The lowest BCUT2D eigenvalue weighted by Gasteiger charge is -2.03. The minimum Gasteiger partial charge on any atom is -0.496 e. The van der Waals surface area contributed by atoms with E-state index >= 15 is 0 Å². The second-order valence-electron chi connectivity index (χ2n) is 3.16. The fourth-order valence-electron chi connectivity index (χ4n) is 1.40. The third-order valence-corrected chi connectivity index (χ3v) is 2.84. The summed E-state index contributed by atoms with van der Waals surface area (Å²) in [7, 11) is 1.66. The van der Waals surface area contributed by atoms with Crippen LogP contribution in [0, 0.1) is 0 Å². The SMILES string of the molecule is COc1ccc(C2OC2C)cc1Br. The maximum atomic E-state index is 5.37. The normalized spacial score (nSPS) is 25.8. The summed E-state index contributed by atoms with van der Waals surface area (Å²) in [5.74, 6) is 0.858. The lowest BCUT2D eigenvalue weighted by atomic mass is 10.1. The van der Waals surface area contributed by atoms with Crippen molar-refractivity contribution in [2.45, 2.75) is 19.1 Å². The highest BCUT2D eigenvalue weighted by atomic mass is 79.9. The zero-order valence-electron chi connectivity index (χ0n) is 7.58. The van der Waals surface area contributed by atoms with Crippen molar-refractivity contribution in [3.05, 3.63) is 28.2 Å². The largest absolute Gasteiger partial charge is 0.496 e. The summed E-state index contributed by atoms with van der Waals surface area (Å²) in [6.07, 6.45) is 0.641. The fourth-order valence-corrected chi connectivity index (χ4v) is 1.95. The summed E-state index contributed by atoms with van der Waals surface area (Å²) in [5.41, 5.74) is 1.21. The lowest BCUT2D eigenvalue weighted by Crippen LogP contribution is -1.87. The summed E-state index contributed by atoms with van der Waals surface area (Å²) in [4.78, 5) is 0. The summed E-state index contributed by atoms with van der Waals surface area (Å²) < 4.78 is 11.5. The Morgan fingerprint density at radius 1 is 1.46 bits per heavy atom. The monoisotopic (exact) mass is 242 g/mol. The standard InChI is InChI=1S/C10H11BrO2/c1-6-10(13-6)7-3-4-9(12-2)8(11)5-7/h3-6,10H,1-2H3. The Hall–Kier alpha value is -0.540. The van der Waals surface area contributed by atoms with Gasteiger partial charge in [-0.05, 0) is 40.5 Å². The molecule has 1 fully saturated rings. The molecule has 1 aromatic rings. The zero-order valence-corrected chi connectivity index (χ0v) is 9.17. The van der Waals surface area contributed by atoms with Gasteiger partial charge in [-0.3, -0.25) is 0 Å². The van der Waals surface area contributed by atoms with Crippen LogP contribution < -0.4 is 4.74 Å². The molecule has 0 aromatic heterocycles. The van der Waals surface area contributed by atoms with Crippen molar-refractivity contribution in [1.29, 1.82) is 0 Å². The number of halogens is 1. The summed E-state index contributed by atoms with van der Waals surface area (Å²) in [6.45, 7) is 2.07. The topological polar surface area (TPSA) is 21.8 Å². The molecule has 0 aliphatic carbocycles. The van der Waals surface area contributed by atoms with Crippen molar-refractivity contribution in [1.82, 2.24) is 0 Å². The zero-order chi connectivity index (χ0) is 9.42. The van der Waals surface area contributed by atoms with Crippen LogP contribution in [0.1, 0.15) is 18.6 Å². The average molecular weight is 243 g/mol. The number of methoxy groups -OCH3 is 1. The highest BCUT2D eigenvalue weighted by Gasteiger charge is 2.35. The molecule has 1 aromatic carbocycles. The summed E-state index contributed by atoms with van der Waals surface area (Å²) >= 11 is 3.44. The molecule has 2 nitrogen and oxygen atoms in total. The van der Waals surface area contributed by atoms with E-state index in [1.807, 2.05) is 18.2 Å². The van der Waals surface area contributed by atoms with Crippen LogP contribution in [0.5, 0.6) is 5.75 Å². The number of ether oxygens (including phenoxy) is 2. The van der Waals surface area contributed by atoms with Gasteiger partial charge in [0.1, 0.15) is 11.9 Å².